The van der Waals surface area contributed by atoms with Gasteiger partial charge in [-0.15, -0.1) is 0 Å². The van der Waals surface area contributed by atoms with Crippen LogP contribution in [0.1, 0.15) is 0 Å². The summed E-state index contributed by atoms with van der Waals surface area (Å²) >= 11 is 11.7. The van der Waals surface area contributed by atoms with Crippen molar-refractivity contribution in [3.8, 4) is 0 Å². The van der Waals surface area contributed by atoms with Gasteiger partial charge in [-0.25, -0.2) is 4.39 Å². The van der Waals surface area contributed by atoms with Crippen molar-refractivity contribution in [2.75, 3.05) is 17.2 Å². The maximum Gasteiger partial charge on any atom is 0.243 e. The third-order valence-electron chi connectivity index (χ3n) is 2.52. The quantitative estimate of drug-likeness (QED) is 0.889. The zero-order chi connectivity index (χ0) is 14.5. The molecule has 20 heavy (non-hydrogen) atoms. The summed E-state index contributed by atoms with van der Waals surface area (Å²) in [7, 11) is 0. The number of rotatable bonds is 4. The van der Waals surface area contributed by atoms with Crippen LogP contribution in [0, 0.1) is 5.82 Å². The molecule has 0 aliphatic rings. The topological polar surface area (TPSA) is 41.1 Å². The lowest BCUT2D eigenvalue weighted by Gasteiger charge is -2.09. The van der Waals surface area contributed by atoms with Crippen molar-refractivity contribution >= 4 is 40.5 Å². The summed E-state index contributed by atoms with van der Waals surface area (Å²) in [6.45, 7) is -0.0321. The van der Waals surface area contributed by atoms with Gasteiger partial charge in [-0.1, -0.05) is 35.3 Å². The van der Waals surface area contributed by atoms with E-state index < -0.39 is 5.82 Å². The molecular formula is C14H11Cl2FN2O. The van der Waals surface area contributed by atoms with Crippen LogP contribution in [-0.2, 0) is 4.79 Å². The smallest absolute Gasteiger partial charge is 0.243 e. The molecule has 0 spiro atoms. The number of carbonyl (C=O) groups is 1. The largest absolute Gasteiger partial charge is 0.375 e. The molecular weight excluding hydrogens is 302 g/mol. The van der Waals surface area contributed by atoms with Gasteiger partial charge in [-0.3, -0.25) is 4.79 Å². The van der Waals surface area contributed by atoms with Crippen molar-refractivity contribution in [3.63, 3.8) is 0 Å². The second-order valence-electron chi connectivity index (χ2n) is 4.01. The highest BCUT2D eigenvalue weighted by atomic mass is 35.5. The van der Waals surface area contributed by atoms with Crippen LogP contribution >= 0.6 is 23.2 Å². The van der Waals surface area contributed by atoms with Crippen molar-refractivity contribution in [2.45, 2.75) is 0 Å². The van der Waals surface area contributed by atoms with E-state index in [1.54, 1.807) is 30.3 Å². The number of nitrogens with one attached hydrogen (secondary N) is 2. The zero-order valence-electron chi connectivity index (χ0n) is 10.3. The molecule has 104 valence electrons. The molecule has 1 amide bonds. The number of halogens is 3. The average Bonchev–Trinajstić information content (AvgIpc) is 2.40. The molecule has 0 fully saturated rings. The van der Waals surface area contributed by atoms with E-state index in [0.717, 1.165) is 0 Å². The summed E-state index contributed by atoms with van der Waals surface area (Å²) in [5.41, 5.74) is 0.723. The molecule has 2 aromatic rings. The number of benzene rings is 2. The molecule has 6 heteroatoms. The first-order valence-corrected chi connectivity index (χ1v) is 6.55. The number of anilines is 2. The predicted molar refractivity (Wildman–Crippen MR) is 80.0 cm³/mol. The Morgan fingerprint density at radius 2 is 1.85 bits per heavy atom. The molecule has 3 nitrogen and oxygen atoms in total. The molecule has 2 rings (SSSR count). The van der Waals surface area contributed by atoms with Gasteiger partial charge in [0.15, 0.2) is 0 Å². The third-order valence-corrected chi connectivity index (χ3v) is 3.07. The van der Waals surface area contributed by atoms with Crippen LogP contribution in [0.5, 0.6) is 0 Å². The first-order chi connectivity index (χ1) is 9.56. The van der Waals surface area contributed by atoms with E-state index in [-0.39, 0.29) is 18.1 Å². The second kappa shape index (κ2) is 6.59. The zero-order valence-corrected chi connectivity index (χ0v) is 11.8. The van der Waals surface area contributed by atoms with Crippen molar-refractivity contribution in [1.29, 1.82) is 0 Å². The Morgan fingerprint density at radius 3 is 2.55 bits per heavy atom. The minimum absolute atomic E-state index is 0.0321. The van der Waals surface area contributed by atoms with Crippen molar-refractivity contribution in [3.05, 3.63) is 58.3 Å². The van der Waals surface area contributed by atoms with E-state index in [0.29, 0.717) is 15.7 Å². The maximum absolute atomic E-state index is 13.4. The minimum atomic E-state index is -0.481. The van der Waals surface area contributed by atoms with E-state index in [1.807, 2.05) is 0 Å². The van der Waals surface area contributed by atoms with Crippen LogP contribution in [0.3, 0.4) is 0 Å². The highest BCUT2D eigenvalue weighted by Gasteiger charge is 2.07. The highest BCUT2D eigenvalue weighted by molar-refractivity contribution is 6.36. The number of hydrogen-bond donors (Lipinski definition) is 2. The Morgan fingerprint density at radius 1 is 1.10 bits per heavy atom. The molecule has 0 aromatic heterocycles. The van der Waals surface area contributed by atoms with Crippen LogP contribution in [0.2, 0.25) is 10.0 Å². The first kappa shape index (κ1) is 14.6. The standard InChI is InChI=1S/C14H11Cl2FN2O/c15-9-5-6-12(10(16)7-9)18-8-14(20)19-13-4-2-1-3-11(13)17/h1-7,18H,8H2,(H,19,20). The Labute approximate surface area is 125 Å². The number of amides is 1. The Bertz CT molecular complexity index is 634. The normalized spacial score (nSPS) is 10.2. The van der Waals surface area contributed by atoms with Gasteiger partial charge < -0.3 is 10.6 Å². The number of hydrogen-bond acceptors (Lipinski definition) is 2. The fourth-order valence-corrected chi connectivity index (χ4v) is 2.04. The van der Waals surface area contributed by atoms with Crippen molar-refractivity contribution in [1.82, 2.24) is 0 Å². The average molecular weight is 313 g/mol. The molecule has 0 aliphatic heterocycles. The summed E-state index contributed by atoms with van der Waals surface area (Å²) in [4.78, 5) is 11.7. The second-order valence-corrected chi connectivity index (χ2v) is 4.85. The van der Waals surface area contributed by atoms with E-state index in [1.165, 1.54) is 12.1 Å². The first-order valence-electron chi connectivity index (χ1n) is 5.79. The lowest BCUT2D eigenvalue weighted by Crippen LogP contribution is -2.22. The molecule has 0 aliphatic carbocycles. The molecule has 0 atom stereocenters. The summed E-state index contributed by atoms with van der Waals surface area (Å²) in [6, 6.07) is 10.9. The van der Waals surface area contributed by atoms with Gasteiger partial charge in [0.1, 0.15) is 5.82 Å². The van der Waals surface area contributed by atoms with Gasteiger partial charge in [0.25, 0.3) is 0 Å². The van der Waals surface area contributed by atoms with Crippen molar-refractivity contribution in [2.24, 2.45) is 0 Å². The molecule has 0 saturated heterocycles. The van der Waals surface area contributed by atoms with Gasteiger partial charge in [0.2, 0.25) is 5.91 Å². The van der Waals surface area contributed by atoms with E-state index in [4.69, 9.17) is 23.2 Å². The highest BCUT2D eigenvalue weighted by Crippen LogP contribution is 2.25. The summed E-state index contributed by atoms with van der Waals surface area (Å²) < 4.78 is 13.4. The summed E-state index contributed by atoms with van der Waals surface area (Å²) in [5.74, 6) is -0.855. The Kier molecular flexibility index (Phi) is 4.82. The number of para-hydroxylation sites is 1. The van der Waals surface area contributed by atoms with Crippen LogP contribution in [0.4, 0.5) is 15.8 Å². The van der Waals surface area contributed by atoms with Crippen LogP contribution in [0.25, 0.3) is 0 Å². The molecule has 0 saturated carbocycles. The molecule has 0 unspecified atom stereocenters. The predicted octanol–water partition coefficient (Wildman–Crippen LogP) is 4.18. The van der Waals surface area contributed by atoms with Gasteiger partial charge in [0.05, 0.1) is 22.9 Å². The number of carbonyl (C=O) groups excluding carboxylic acids is 1. The van der Waals surface area contributed by atoms with Crippen LogP contribution in [-0.4, -0.2) is 12.5 Å². The SMILES string of the molecule is O=C(CNc1ccc(Cl)cc1Cl)Nc1ccccc1F. The lowest BCUT2D eigenvalue weighted by atomic mass is 10.3. The minimum Gasteiger partial charge on any atom is -0.375 e. The maximum atomic E-state index is 13.4. The molecule has 2 aromatic carbocycles. The monoisotopic (exact) mass is 312 g/mol. The lowest BCUT2D eigenvalue weighted by molar-refractivity contribution is -0.114. The van der Waals surface area contributed by atoms with E-state index in [2.05, 4.69) is 10.6 Å². The summed E-state index contributed by atoms with van der Waals surface area (Å²) in [5, 5.41) is 6.24. The molecule has 0 heterocycles. The van der Waals surface area contributed by atoms with Crippen LogP contribution < -0.4 is 10.6 Å². The van der Waals surface area contributed by atoms with Crippen molar-refractivity contribution < 1.29 is 9.18 Å². The Balaban J connectivity index is 1.94. The summed E-state index contributed by atoms with van der Waals surface area (Å²) in [6.07, 6.45) is 0. The molecule has 0 radical (unpaired) electrons. The third kappa shape index (κ3) is 3.85. The van der Waals surface area contributed by atoms with Gasteiger partial charge in [0, 0.05) is 5.02 Å². The van der Waals surface area contributed by atoms with Gasteiger partial charge in [-0.05, 0) is 30.3 Å². The van der Waals surface area contributed by atoms with E-state index in [9.17, 15) is 9.18 Å². The molecule has 0 bridgehead atoms. The molecule has 2 N–H and O–H groups in total. The fraction of sp³-hybridized carbons (Fsp3) is 0.0714. The van der Waals surface area contributed by atoms with Gasteiger partial charge in [-0.2, -0.15) is 0 Å². The fourth-order valence-electron chi connectivity index (χ4n) is 1.57. The van der Waals surface area contributed by atoms with Crippen LogP contribution in [0.15, 0.2) is 42.5 Å². The van der Waals surface area contributed by atoms with Gasteiger partial charge >= 0.3 is 0 Å². The van der Waals surface area contributed by atoms with E-state index >= 15 is 0 Å². The Hall–Kier alpha value is -1.78.